The molecule has 0 saturated heterocycles. The van der Waals surface area contributed by atoms with Crippen molar-refractivity contribution in [3.8, 4) is 0 Å². The van der Waals surface area contributed by atoms with Crippen molar-refractivity contribution in [2.45, 2.75) is 40.2 Å². The number of nitrogens with one attached hydrogen (secondary N) is 1. The summed E-state index contributed by atoms with van der Waals surface area (Å²) in [5.74, 6) is -2.05. The van der Waals surface area contributed by atoms with E-state index in [0.29, 0.717) is 12.1 Å². The van der Waals surface area contributed by atoms with Crippen LogP contribution in [0.3, 0.4) is 0 Å². The molecule has 2 N–H and O–H groups in total. The molecule has 116 valence electrons. The normalized spacial score (nSPS) is 11.0. The minimum Gasteiger partial charge on any atom is -0.478 e. The molecule has 0 aliphatic carbocycles. The van der Waals surface area contributed by atoms with Gasteiger partial charge in [0.2, 0.25) is 5.91 Å². The van der Waals surface area contributed by atoms with Crippen LogP contribution in [0.1, 0.15) is 54.4 Å². The molecule has 1 aromatic rings. The monoisotopic (exact) mass is 300 g/mol. The minimum atomic E-state index is -2.95. The fourth-order valence-electron chi connectivity index (χ4n) is 1.91. The lowest BCUT2D eigenvalue weighted by molar-refractivity contribution is -0.124. The van der Waals surface area contributed by atoms with Crippen LogP contribution in [0.4, 0.5) is 8.78 Å². The van der Waals surface area contributed by atoms with Gasteiger partial charge in [0.1, 0.15) is 0 Å². The van der Waals surface area contributed by atoms with Crippen molar-refractivity contribution < 1.29 is 23.5 Å². The van der Waals surface area contributed by atoms with Gasteiger partial charge in [0.25, 0.3) is 6.43 Å². The molecule has 0 bridgehead atoms. The SMILES string of the molecule is CCc1ncc(C(=O)O)c(C(F)F)c1CNC(=O)C(C)C. The van der Waals surface area contributed by atoms with Crippen molar-refractivity contribution >= 4 is 11.9 Å². The van der Waals surface area contributed by atoms with Crippen molar-refractivity contribution in [2.24, 2.45) is 5.92 Å². The van der Waals surface area contributed by atoms with E-state index in [1.165, 1.54) is 0 Å². The van der Waals surface area contributed by atoms with E-state index in [0.717, 1.165) is 6.20 Å². The number of alkyl halides is 2. The Bertz CT molecular complexity index is 545. The van der Waals surface area contributed by atoms with Crippen LogP contribution in [0.15, 0.2) is 6.20 Å². The molecule has 1 heterocycles. The maximum absolute atomic E-state index is 13.2. The van der Waals surface area contributed by atoms with Gasteiger partial charge in [-0.05, 0) is 6.42 Å². The van der Waals surface area contributed by atoms with Crippen LogP contribution in [0, 0.1) is 5.92 Å². The maximum Gasteiger partial charge on any atom is 0.337 e. The van der Waals surface area contributed by atoms with Gasteiger partial charge in [0, 0.05) is 35.5 Å². The molecule has 0 atom stereocenters. The number of nitrogens with zero attached hydrogens (tertiary/aromatic N) is 1. The summed E-state index contributed by atoms with van der Waals surface area (Å²) in [7, 11) is 0. The minimum absolute atomic E-state index is 0.0846. The number of carbonyl (C=O) groups is 2. The first-order valence-electron chi connectivity index (χ1n) is 6.59. The molecule has 0 aliphatic heterocycles. The van der Waals surface area contributed by atoms with Crippen LogP contribution < -0.4 is 5.32 Å². The first-order valence-corrected chi connectivity index (χ1v) is 6.59. The highest BCUT2D eigenvalue weighted by molar-refractivity contribution is 5.89. The van der Waals surface area contributed by atoms with Crippen LogP contribution in [0.2, 0.25) is 0 Å². The van der Waals surface area contributed by atoms with Gasteiger partial charge in [-0.15, -0.1) is 0 Å². The highest BCUT2D eigenvalue weighted by atomic mass is 19.3. The Kier molecular flexibility index (Phi) is 5.75. The van der Waals surface area contributed by atoms with E-state index in [1.807, 2.05) is 0 Å². The summed E-state index contributed by atoms with van der Waals surface area (Å²) < 4.78 is 26.5. The Balaban J connectivity index is 3.28. The van der Waals surface area contributed by atoms with Gasteiger partial charge in [0.15, 0.2) is 0 Å². The lowest BCUT2D eigenvalue weighted by Crippen LogP contribution is -2.28. The summed E-state index contributed by atoms with van der Waals surface area (Å²) in [5, 5.41) is 11.5. The second-order valence-electron chi connectivity index (χ2n) is 4.84. The first kappa shape index (κ1) is 17.0. The number of carbonyl (C=O) groups excluding carboxylic acids is 1. The van der Waals surface area contributed by atoms with Crippen LogP contribution in [0.5, 0.6) is 0 Å². The maximum atomic E-state index is 13.2. The summed E-state index contributed by atoms with van der Waals surface area (Å²) in [4.78, 5) is 26.6. The van der Waals surface area contributed by atoms with Crippen molar-refractivity contribution in [3.63, 3.8) is 0 Å². The zero-order valence-corrected chi connectivity index (χ0v) is 12.1. The van der Waals surface area contributed by atoms with E-state index < -0.39 is 23.5 Å². The highest BCUT2D eigenvalue weighted by Crippen LogP contribution is 2.28. The number of aromatic carboxylic acids is 1. The van der Waals surface area contributed by atoms with Crippen LogP contribution >= 0.6 is 0 Å². The third-order valence-electron chi connectivity index (χ3n) is 3.06. The third-order valence-corrected chi connectivity index (χ3v) is 3.06. The van der Waals surface area contributed by atoms with E-state index in [4.69, 9.17) is 5.11 Å². The fourth-order valence-corrected chi connectivity index (χ4v) is 1.91. The number of carboxylic acids is 1. The molecular weight excluding hydrogens is 282 g/mol. The first-order chi connectivity index (χ1) is 9.79. The molecule has 5 nitrogen and oxygen atoms in total. The summed E-state index contributed by atoms with van der Waals surface area (Å²) in [6.45, 7) is 4.92. The number of aromatic nitrogens is 1. The molecule has 21 heavy (non-hydrogen) atoms. The Morgan fingerprint density at radius 1 is 1.38 bits per heavy atom. The average molecular weight is 300 g/mol. The second kappa shape index (κ2) is 7.10. The molecule has 0 unspecified atom stereocenters. The van der Waals surface area contributed by atoms with Crippen LogP contribution in [-0.2, 0) is 17.8 Å². The number of rotatable bonds is 6. The van der Waals surface area contributed by atoms with E-state index >= 15 is 0 Å². The largest absolute Gasteiger partial charge is 0.478 e. The molecule has 1 rings (SSSR count). The quantitative estimate of drug-likeness (QED) is 0.846. The van der Waals surface area contributed by atoms with E-state index in [9.17, 15) is 18.4 Å². The second-order valence-corrected chi connectivity index (χ2v) is 4.84. The molecule has 1 amide bonds. The van der Waals surface area contributed by atoms with Gasteiger partial charge in [-0.2, -0.15) is 0 Å². The van der Waals surface area contributed by atoms with E-state index in [-0.39, 0.29) is 23.9 Å². The van der Waals surface area contributed by atoms with Crippen molar-refractivity contribution in [2.75, 3.05) is 0 Å². The Hall–Kier alpha value is -2.05. The zero-order valence-electron chi connectivity index (χ0n) is 12.1. The van der Waals surface area contributed by atoms with Crippen LogP contribution in [-0.4, -0.2) is 22.0 Å². The summed E-state index contributed by atoms with van der Waals surface area (Å²) in [5.41, 5.74) is -0.657. The molecule has 0 aromatic carbocycles. The standard InChI is InChI=1S/C14H18F2N2O3/c1-4-10-8(5-18-13(19)7(2)3)11(12(15)16)9(6-17-10)14(20)21/h6-7,12H,4-5H2,1-3H3,(H,18,19)(H,20,21). The number of amides is 1. The number of hydrogen-bond acceptors (Lipinski definition) is 3. The lowest BCUT2D eigenvalue weighted by Gasteiger charge is -2.16. The van der Waals surface area contributed by atoms with Gasteiger partial charge in [-0.25, -0.2) is 13.6 Å². The van der Waals surface area contributed by atoms with Crippen LogP contribution in [0.25, 0.3) is 0 Å². The van der Waals surface area contributed by atoms with Gasteiger partial charge in [-0.3, -0.25) is 9.78 Å². The molecule has 0 radical (unpaired) electrons. The Labute approximate surface area is 121 Å². The molecule has 0 saturated carbocycles. The van der Waals surface area contributed by atoms with Crippen molar-refractivity contribution in [1.29, 1.82) is 0 Å². The third kappa shape index (κ3) is 3.96. The summed E-state index contributed by atoms with van der Waals surface area (Å²) in [6, 6.07) is 0. The summed E-state index contributed by atoms with van der Waals surface area (Å²) >= 11 is 0. The molecule has 1 aromatic heterocycles. The van der Waals surface area contributed by atoms with Gasteiger partial charge in [-0.1, -0.05) is 20.8 Å². The molecule has 0 fully saturated rings. The molecule has 0 aliphatic rings. The number of hydrogen-bond donors (Lipinski definition) is 2. The molecule has 7 heteroatoms. The smallest absolute Gasteiger partial charge is 0.337 e. The van der Waals surface area contributed by atoms with Gasteiger partial charge >= 0.3 is 5.97 Å². The average Bonchev–Trinajstić information content (AvgIpc) is 2.42. The topological polar surface area (TPSA) is 79.3 Å². The summed E-state index contributed by atoms with van der Waals surface area (Å²) in [6.07, 6.45) is -1.64. The zero-order chi connectivity index (χ0) is 16.2. The fraction of sp³-hybridized carbons (Fsp3) is 0.500. The number of carboxylic acid groups (broad SMARTS) is 1. The van der Waals surface area contributed by atoms with Crippen molar-refractivity contribution in [3.05, 3.63) is 28.6 Å². The van der Waals surface area contributed by atoms with E-state index in [1.54, 1.807) is 20.8 Å². The van der Waals surface area contributed by atoms with Gasteiger partial charge < -0.3 is 10.4 Å². The van der Waals surface area contributed by atoms with E-state index in [2.05, 4.69) is 10.3 Å². The predicted octanol–water partition coefficient (Wildman–Crippen LogP) is 2.55. The number of aryl methyl sites for hydroxylation is 1. The predicted molar refractivity (Wildman–Crippen MR) is 72.2 cm³/mol. The Morgan fingerprint density at radius 3 is 2.43 bits per heavy atom. The Morgan fingerprint density at radius 2 is 2.00 bits per heavy atom. The lowest BCUT2D eigenvalue weighted by atomic mass is 9.99. The van der Waals surface area contributed by atoms with Crippen molar-refractivity contribution in [1.82, 2.24) is 10.3 Å². The molecule has 0 spiro atoms. The van der Waals surface area contributed by atoms with Gasteiger partial charge in [0.05, 0.1) is 5.56 Å². The molecular formula is C14H18F2N2O3. The number of halogens is 2. The number of pyridine rings is 1. The highest BCUT2D eigenvalue weighted by Gasteiger charge is 2.25.